The molecule has 1 aromatic carbocycles. The van der Waals surface area contributed by atoms with Gasteiger partial charge in [0.25, 0.3) is 5.56 Å². The standard InChI is InChI=1S/C17H17BrN2O3S2/c1-3-13(16(22)23-2)25-17-19-12-8-9-24-14(12)15(21)20(17)11-6-4-10(18)5-7-11/h4-7,13H,3,8-9H2,1-2H3/t13-/m1/s1. The summed E-state index contributed by atoms with van der Waals surface area (Å²) in [4.78, 5) is 30.4. The number of methoxy groups -OCH3 is 1. The number of thioether (sulfide) groups is 2. The van der Waals surface area contributed by atoms with Gasteiger partial charge in [-0.25, -0.2) is 4.98 Å². The van der Waals surface area contributed by atoms with Gasteiger partial charge in [0.2, 0.25) is 0 Å². The van der Waals surface area contributed by atoms with Crippen LogP contribution in [0.2, 0.25) is 0 Å². The Hall–Kier alpha value is -1.25. The average Bonchev–Trinajstić information content (AvgIpc) is 3.09. The molecule has 1 aliphatic rings. The molecule has 0 unspecified atom stereocenters. The van der Waals surface area contributed by atoms with Gasteiger partial charge in [-0.05, 0) is 30.7 Å². The first-order chi connectivity index (χ1) is 12.0. The van der Waals surface area contributed by atoms with E-state index in [9.17, 15) is 9.59 Å². The van der Waals surface area contributed by atoms with Gasteiger partial charge in [0.15, 0.2) is 5.16 Å². The molecule has 0 saturated heterocycles. The van der Waals surface area contributed by atoms with Gasteiger partial charge in [-0.1, -0.05) is 34.6 Å². The summed E-state index contributed by atoms with van der Waals surface area (Å²) in [6.07, 6.45) is 1.37. The molecule has 0 N–H and O–H groups in total. The lowest BCUT2D eigenvalue weighted by molar-refractivity contribution is -0.140. The van der Waals surface area contributed by atoms with Crippen molar-refractivity contribution in [3.8, 4) is 5.69 Å². The minimum atomic E-state index is -0.397. The number of aromatic nitrogens is 2. The number of aryl methyl sites for hydroxylation is 1. The summed E-state index contributed by atoms with van der Waals surface area (Å²) in [5.41, 5.74) is 1.49. The average molecular weight is 441 g/mol. The van der Waals surface area contributed by atoms with Crippen LogP contribution in [-0.4, -0.2) is 33.6 Å². The molecular weight excluding hydrogens is 424 g/mol. The molecule has 0 saturated carbocycles. The lowest BCUT2D eigenvalue weighted by Crippen LogP contribution is -2.26. The topological polar surface area (TPSA) is 61.2 Å². The SMILES string of the molecule is CC[C@@H](Sc1nc2c(c(=O)n1-c1ccc(Br)cc1)SCC2)C(=O)OC. The zero-order valence-corrected chi connectivity index (χ0v) is 17.0. The van der Waals surface area contributed by atoms with Crippen molar-refractivity contribution >= 4 is 45.4 Å². The highest BCUT2D eigenvalue weighted by molar-refractivity contribution is 9.10. The maximum Gasteiger partial charge on any atom is 0.319 e. The van der Waals surface area contributed by atoms with Gasteiger partial charge < -0.3 is 4.74 Å². The maximum atomic E-state index is 13.0. The quantitative estimate of drug-likeness (QED) is 0.401. The van der Waals surface area contributed by atoms with Crippen molar-refractivity contribution in [2.75, 3.05) is 12.9 Å². The van der Waals surface area contributed by atoms with Gasteiger partial charge in [0.1, 0.15) is 5.25 Å². The Kier molecular flexibility index (Phi) is 5.91. The molecule has 0 aliphatic carbocycles. The molecule has 0 fully saturated rings. The number of nitrogens with zero attached hydrogens (tertiary/aromatic N) is 2. The Balaban J connectivity index is 2.13. The van der Waals surface area contributed by atoms with Gasteiger partial charge in [-0.3, -0.25) is 14.2 Å². The summed E-state index contributed by atoms with van der Waals surface area (Å²) in [5.74, 6) is 0.555. The Labute approximate surface area is 162 Å². The van der Waals surface area contributed by atoms with E-state index in [0.29, 0.717) is 16.5 Å². The van der Waals surface area contributed by atoms with E-state index < -0.39 is 5.25 Å². The van der Waals surface area contributed by atoms with Crippen molar-refractivity contribution in [3.05, 3.63) is 44.8 Å². The molecule has 0 radical (unpaired) electrons. The number of carbonyl (C=O) groups excluding carboxylic acids is 1. The first-order valence-electron chi connectivity index (χ1n) is 7.84. The highest BCUT2D eigenvalue weighted by atomic mass is 79.9. The van der Waals surface area contributed by atoms with Crippen molar-refractivity contribution in [2.24, 2.45) is 0 Å². The fourth-order valence-corrected chi connectivity index (χ4v) is 4.91. The molecule has 2 heterocycles. The molecule has 1 aliphatic heterocycles. The van der Waals surface area contributed by atoms with Gasteiger partial charge in [0, 0.05) is 16.6 Å². The third kappa shape index (κ3) is 3.80. The number of rotatable bonds is 5. The van der Waals surface area contributed by atoms with Crippen LogP contribution in [-0.2, 0) is 16.0 Å². The van der Waals surface area contributed by atoms with Crippen LogP contribution < -0.4 is 5.56 Å². The molecule has 1 atom stereocenters. The van der Waals surface area contributed by atoms with Gasteiger partial charge in [0.05, 0.1) is 23.4 Å². The number of hydrogen-bond donors (Lipinski definition) is 0. The first kappa shape index (κ1) is 18.5. The second-order valence-electron chi connectivity index (χ2n) is 5.42. The van der Waals surface area contributed by atoms with Crippen LogP contribution in [0.1, 0.15) is 19.0 Å². The van der Waals surface area contributed by atoms with Crippen LogP contribution >= 0.6 is 39.5 Å². The van der Waals surface area contributed by atoms with E-state index in [1.165, 1.54) is 18.9 Å². The van der Waals surface area contributed by atoms with Crippen molar-refractivity contribution < 1.29 is 9.53 Å². The van der Waals surface area contributed by atoms with Crippen LogP contribution in [0.3, 0.4) is 0 Å². The maximum absolute atomic E-state index is 13.0. The summed E-state index contributed by atoms with van der Waals surface area (Å²) in [7, 11) is 1.38. The number of benzene rings is 1. The number of hydrogen-bond acceptors (Lipinski definition) is 6. The van der Waals surface area contributed by atoms with Gasteiger partial charge in [-0.15, -0.1) is 11.8 Å². The molecule has 8 heteroatoms. The molecule has 25 heavy (non-hydrogen) atoms. The Morgan fingerprint density at radius 1 is 1.44 bits per heavy atom. The van der Waals surface area contributed by atoms with Crippen LogP contribution in [0.25, 0.3) is 5.69 Å². The van der Waals surface area contributed by atoms with Crippen LogP contribution in [0.5, 0.6) is 0 Å². The molecule has 5 nitrogen and oxygen atoms in total. The smallest absolute Gasteiger partial charge is 0.319 e. The molecule has 0 bridgehead atoms. The lowest BCUT2D eigenvalue weighted by Gasteiger charge is -2.17. The molecule has 3 rings (SSSR count). The van der Waals surface area contributed by atoms with Crippen molar-refractivity contribution in [3.63, 3.8) is 0 Å². The second-order valence-corrected chi connectivity index (χ2v) is 8.61. The predicted octanol–water partition coefficient (Wildman–Crippen LogP) is 3.69. The third-order valence-corrected chi connectivity index (χ3v) is 6.76. The summed E-state index contributed by atoms with van der Waals surface area (Å²) in [6, 6.07) is 7.49. The molecule has 1 aromatic heterocycles. The minimum Gasteiger partial charge on any atom is -0.468 e. The highest BCUT2D eigenvalue weighted by Gasteiger charge is 2.26. The summed E-state index contributed by atoms with van der Waals surface area (Å²) >= 11 is 6.24. The second kappa shape index (κ2) is 7.97. The lowest BCUT2D eigenvalue weighted by atomic mass is 10.3. The fraction of sp³-hybridized carbons (Fsp3) is 0.353. The summed E-state index contributed by atoms with van der Waals surface area (Å²) in [5, 5.41) is 0.136. The van der Waals surface area contributed by atoms with Gasteiger partial charge in [-0.2, -0.15) is 0 Å². The number of halogens is 1. The minimum absolute atomic E-state index is 0.0722. The van der Waals surface area contributed by atoms with E-state index in [2.05, 4.69) is 15.9 Å². The first-order valence-corrected chi connectivity index (χ1v) is 10.5. The van der Waals surface area contributed by atoms with Crippen LogP contribution in [0.15, 0.2) is 43.6 Å². The monoisotopic (exact) mass is 440 g/mol. The largest absolute Gasteiger partial charge is 0.468 e. The van der Waals surface area contributed by atoms with Crippen molar-refractivity contribution in [1.29, 1.82) is 0 Å². The van der Waals surface area contributed by atoms with E-state index in [-0.39, 0.29) is 11.5 Å². The molecule has 2 aromatic rings. The summed E-state index contributed by atoms with van der Waals surface area (Å²) < 4.78 is 7.40. The number of esters is 1. The normalized spacial score (nSPS) is 14.2. The molecule has 0 amide bonds. The van der Waals surface area contributed by atoms with Crippen molar-refractivity contribution in [2.45, 2.75) is 35.1 Å². The van der Waals surface area contributed by atoms with E-state index in [1.807, 2.05) is 31.2 Å². The molecular formula is C17H17BrN2O3S2. The molecule has 132 valence electrons. The van der Waals surface area contributed by atoms with E-state index >= 15 is 0 Å². The number of ether oxygens (including phenoxy) is 1. The Morgan fingerprint density at radius 3 is 2.80 bits per heavy atom. The highest BCUT2D eigenvalue weighted by Crippen LogP contribution is 2.32. The number of carbonyl (C=O) groups is 1. The Bertz CT molecular complexity index is 852. The van der Waals surface area contributed by atoms with Crippen molar-refractivity contribution in [1.82, 2.24) is 9.55 Å². The Morgan fingerprint density at radius 2 is 2.16 bits per heavy atom. The van der Waals surface area contributed by atoms with Crippen LogP contribution in [0, 0.1) is 0 Å². The van der Waals surface area contributed by atoms with Gasteiger partial charge >= 0.3 is 5.97 Å². The fourth-order valence-electron chi connectivity index (χ4n) is 2.55. The zero-order chi connectivity index (χ0) is 18.0. The predicted molar refractivity (Wildman–Crippen MR) is 104 cm³/mol. The zero-order valence-electron chi connectivity index (χ0n) is 13.8. The van der Waals surface area contributed by atoms with E-state index in [0.717, 1.165) is 28.0 Å². The third-order valence-electron chi connectivity index (χ3n) is 3.83. The van der Waals surface area contributed by atoms with E-state index in [4.69, 9.17) is 9.72 Å². The number of fused-ring (bicyclic) bond motifs is 1. The molecule has 0 spiro atoms. The van der Waals surface area contributed by atoms with Crippen LogP contribution in [0.4, 0.5) is 0 Å². The van der Waals surface area contributed by atoms with E-state index in [1.54, 1.807) is 16.3 Å². The summed E-state index contributed by atoms with van der Waals surface area (Å²) in [6.45, 7) is 1.92.